The zero-order valence-corrected chi connectivity index (χ0v) is 15.1. The number of carbonyl (C=O) groups is 1. The SMILES string of the molecule is CC(C)N1CC[C@@H](Nc2ccc(CS(=O)(=O)C(C)C)cc2)C1=O. The number of anilines is 1. The Morgan fingerprint density at radius 3 is 2.26 bits per heavy atom. The average Bonchev–Trinajstić information content (AvgIpc) is 2.82. The van der Waals surface area contributed by atoms with Crippen LogP contribution < -0.4 is 5.32 Å². The molecule has 1 saturated heterocycles. The summed E-state index contributed by atoms with van der Waals surface area (Å²) in [7, 11) is -3.09. The third kappa shape index (κ3) is 4.25. The quantitative estimate of drug-likeness (QED) is 0.865. The van der Waals surface area contributed by atoms with Crippen LogP contribution in [-0.4, -0.2) is 43.1 Å². The molecule has 0 radical (unpaired) electrons. The van der Waals surface area contributed by atoms with Crippen molar-refractivity contribution in [2.45, 2.75) is 57.2 Å². The Kier molecular flexibility index (Phi) is 5.34. The first-order valence-corrected chi connectivity index (χ1v) is 9.80. The van der Waals surface area contributed by atoms with Crippen molar-refractivity contribution in [2.75, 3.05) is 11.9 Å². The van der Waals surface area contributed by atoms with E-state index in [-0.39, 0.29) is 29.0 Å². The van der Waals surface area contributed by atoms with E-state index < -0.39 is 9.84 Å². The second-order valence-electron chi connectivity index (χ2n) is 6.66. The highest BCUT2D eigenvalue weighted by molar-refractivity contribution is 7.91. The second kappa shape index (κ2) is 6.91. The summed E-state index contributed by atoms with van der Waals surface area (Å²) in [6.07, 6.45) is 0.792. The van der Waals surface area contributed by atoms with Crippen LogP contribution >= 0.6 is 0 Å². The molecule has 1 aromatic carbocycles. The predicted molar refractivity (Wildman–Crippen MR) is 93.1 cm³/mol. The van der Waals surface area contributed by atoms with Crippen LogP contribution in [0.3, 0.4) is 0 Å². The van der Waals surface area contributed by atoms with Crippen LogP contribution in [0.25, 0.3) is 0 Å². The Hall–Kier alpha value is -1.56. The Morgan fingerprint density at radius 2 is 1.78 bits per heavy atom. The number of benzene rings is 1. The molecular formula is C17H26N2O3S. The maximum Gasteiger partial charge on any atom is 0.245 e. The highest BCUT2D eigenvalue weighted by Gasteiger charge is 2.32. The minimum atomic E-state index is -3.09. The molecule has 1 heterocycles. The van der Waals surface area contributed by atoms with Crippen LogP contribution in [0, 0.1) is 0 Å². The van der Waals surface area contributed by atoms with E-state index >= 15 is 0 Å². The van der Waals surface area contributed by atoms with E-state index in [2.05, 4.69) is 5.32 Å². The molecule has 128 valence electrons. The van der Waals surface area contributed by atoms with Crippen molar-refractivity contribution in [3.8, 4) is 0 Å². The molecule has 5 nitrogen and oxygen atoms in total. The summed E-state index contributed by atoms with van der Waals surface area (Å²) in [5.74, 6) is 0.181. The Bertz CT molecular complexity index is 651. The minimum Gasteiger partial charge on any atom is -0.374 e. The third-order valence-electron chi connectivity index (χ3n) is 4.24. The van der Waals surface area contributed by atoms with Gasteiger partial charge < -0.3 is 10.2 Å². The third-order valence-corrected chi connectivity index (χ3v) is 6.42. The molecule has 0 saturated carbocycles. The fraction of sp³-hybridized carbons (Fsp3) is 0.588. The molecule has 0 bridgehead atoms. The highest BCUT2D eigenvalue weighted by Crippen LogP contribution is 2.20. The number of likely N-dealkylation sites (tertiary alicyclic amines) is 1. The molecule has 1 N–H and O–H groups in total. The first-order chi connectivity index (χ1) is 10.7. The number of hydrogen-bond acceptors (Lipinski definition) is 4. The van der Waals surface area contributed by atoms with Gasteiger partial charge in [-0.15, -0.1) is 0 Å². The summed E-state index contributed by atoms with van der Waals surface area (Å²) in [6.45, 7) is 8.20. The molecule has 1 fully saturated rings. The van der Waals surface area contributed by atoms with E-state index in [0.29, 0.717) is 0 Å². The predicted octanol–water partition coefficient (Wildman–Crippen LogP) is 2.43. The van der Waals surface area contributed by atoms with Gasteiger partial charge in [0.1, 0.15) is 6.04 Å². The van der Waals surface area contributed by atoms with Gasteiger partial charge in [-0.05, 0) is 51.8 Å². The maximum atomic E-state index is 12.3. The topological polar surface area (TPSA) is 66.5 Å². The largest absolute Gasteiger partial charge is 0.374 e. The molecule has 1 aliphatic heterocycles. The van der Waals surface area contributed by atoms with E-state index in [1.165, 1.54) is 0 Å². The molecule has 2 rings (SSSR count). The van der Waals surface area contributed by atoms with Gasteiger partial charge in [-0.25, -0.2) is 8.42 Å². The molecule has 23 heavy (non-hydrogen) atoms. The number of sulfone groups is 1. The lowest BCUT2D eigenvalue weighted by molar-refractivity contribution is -0.129. The summed E-state index contributed by atoms with van der Waals surface area (Å²) < 4.78 is 23.9. The van der Waals surface area contributed by atoms with Gasteiger partial charge in [-0.3, -0.25) is 4.79 Å². The monoisotopic (exact) mass is 338 g/mol. The van der Waals surface area contributed by atoms with Gasteiger partial charge >= 0.3 is 0 Å². The lowest BCUT2D eigenvalue weighted by Gasteiger charge is -2.21. The van der Waals surface area contributed by atoms with E-state index in [9.17, 15) is 13.2 Å². The van der Waals surface area contributed by atoms with E-state index in [1.807, 2.05) is 43.0 Å². The Balaban J connectivity index is 2.00. The van der Waals surface area contributed by atoms with Crippen LogP contribution in [0.1, 0.15) is 39.7 Å². The van der Waals surface area contributed by atoms with Crippen LogP contribution in [0.5, 0.6) is 0 Å². The summed E-state index contributed by atoms with van der Waals surface area (Å²) in [4.78, 5) is 14.1. The van der Waals surface area contributed by atoms with E-state index in [4.69, 9.17) is 0 Å². The summed E-state index contributed by atoms with van der Waals surface area (Å²) in [6, 6.07) is 7.33. The van der Waals surface area contributed by atoms with Crippen LogP contribution in [0.15, 0.2) is 24.3 Å². The van der Waals surface area contributed by atoms with Gasteiger partial charge in [-0.2, -0.15) is 0 Å². The van der Waals surface area contributed by atoms with Crippen LogP contribution in [0.4, 0.5) is 5.69 Å². The van der Waals surface area contributed by atoms with Crippen molar-refractivity contribution in [1.82, 2.24) is 4.90 Å². The smallest absolute Gasteiger partial charge is 0.245 e. The number of carbonyl (C=O) groups excluding carboxylic acids is 1. The second-order valence-corrected chi connectivity index (χ2v) is 9.22. The van der Waals surface area contributed by atoms with Crippen molar-refractivity contribution >= 4 is 21.4 Å². The van der Waals surface area contributed by atoms with Gasteiger partial charge in [-0.1, -0.05) is 12.1 Å². The number of nitrogens with zero attached hydrogens (tertiary/aromatic N) is 1. The summed E-state index contributed by atoms with van der Waals surface area (Å²) in [5, 5.41) is 2.87. The number of rotatable bonds is 6. The summed E-state index contributed by atoms with van der Waals surface area (Å²) >= 11 is 0. The lowest BCUT2D eigenvalue weighted by Crippen LogP contribution is -2.37. The number of amides is 1. The molecule has 1 atom stereocenters. The minimum absolute atomic E-state index is 0.0500. The van der Waals surface area contributed by atoms with Gasteiger partial charge in [0.2, 0.25) is 5.91 Å². The molecule has 0 aliphatic carbocycles. The van der Waals surface area contributed by atoms with Crippen molar-refractivity contribution in [1.29, 1.82) is 0 Å². The molecule has 1 amide bonds. The zero-order valence-electron chi connectivity index (χ0n) is 14.2. The Morgan fingerprint density at radius 1 is 1.17 bits per heavy atom. The van der Waals surface area contributed by atoms with Crippen LogP contribution in [0.2, 0.25) is 0 Å². The van der Waals surface area contributed by atoms with Gasteiger partial charge in [0, 0.05) is 18.3 Å². The van der Waals surface area contributed by atoms with E-state index in [1.54, 1.807) is 13.8 Å². The van der Waals surface area contributed by atoms with Crippen molar-refractivity contribution < 1.29 is 13.2 Å². The van der Waals surface area contributed by atoms with Crippen molar-refractivity contribution in [2.24, 2.45) is 0 Å². The fourth-order valence-corrected chi connectivity index (χ4v) is 3.64. The average molecular weight is 338 g/mol. The number of nitrogens with one attached hydrogen (secondary N) is 1. The van der Waals surface area contributed by atoms with Crippen molar-refractivity contribution in [3.63, 3.8) is 0 Å². The van der Waals surface area contributed by atoms with Gasteiger partial charge in [0.05, 0.1) is 11.0 Å². The first kappa shape index (κ1) is 17.8. The molecule has 6 heteroatoms. The molecule has 1 aromatic rings. The molecule has 1 aliphatic rings. The molecule has 0 aromatic heterocycles. The molecule has 0 spiro atoms. The number of hydrogen-bond donors (Lipinski definition) is 1. The van der Waals surface area contributed by atoms with Gasteiger partial charge in [0.25, 0.3) is 0 Å². The molecular weight excluding hydrogens is 312 g/mol. The normalized spacial score (nSPS) is 19.0. The summed E-state index contributed by atoms with van der Waals surface area (Å²) in [5.41, 5.74) is 1.62. The first-order valence-electron chi connectivity index (χ1n) is 8.08. The lowest BCUT2D eigenvalue weighted by atomic mass is 10.2. The maximum absolute atomic E-state index is 12.3. The zero-order chi connectivity index (χ0) is 17.2. The van der Waals surface area contributed by atoms with Gasteiger partial charge in [0.15, 0.2) is 9.84 Å². The highest BCUT2D eigenvalue weighted by atomic mass is 32.2. The van der Waals surface area contributed by atoms with Crippen molar-refractivity contribution in [3.05, 3.63) is 29.8 Å². The van der Waals surface area contributed by atoms with Crippen LogP contribution in [-0.2, 0) is 20.4 Å². The van der Waals surface area contributed by atoms with E-state index in [0.717, 1.165) is 24.2 Å². The standard InChI is InChI=1S/C17H26N2O3S/c1-12(2)19-10-9-16(17(19)20)18-15-7-5-14(6-8-15)11-23(21,22)13(3)4/h5-8,12-13,16,18H,9-11H2,1-4H3/t16-/m1/s1. The molecule has 0 unspecified atom stereocenters. The fourth-order valence-electron chi connectivity index (χ4n) is 2.65. The Labute approximate surface area is 139 Å².